The molecule has 1 aromatic carbocycles. The summed E-state index contributed by atoms with van der Waals surface area (Å²) >= 11 is 0. The lowest BCUT2D eigenvalue weighted by Gasteiger charge is -2.16. The fraction of sp³-hybridized carbons (Fsp3) is 0.600. The lowest BCUT2D eigenvalue weighted by atomic mass is 10.1. The molecule has 0 fully saturated rings. The summed E-state index contributed by atoms with van der Waals surface area (Å²) in [5.74, 6) is 0.514. The minimum Gasteiger partial charge on any atom is -0.315 e. The van der Waals surface area contributed by atoms with Crippen molar-refractivity contribution in [1.82, 2.24) is 10.6 Å². The van der Waals surface area contributed by atoms with Gasteiger partial charge in [-0.25, -0.2) is 4.39 Å². The molecule has 0 aromatic heterocycles. The first-order valence-corrected chi connectivity index (χ1v) is 6.67. The molecule has 0 bridgehead atoms. The van der Waals surface area contributed by atoms with Gasteiger partial charge in [0, 0.05) is 19.1 Å². The Morgan fingerprint density at radius 1 is 1.11 bits per heavy atom. The normalized spacial score (nSPS) is 13.0. The van der Waals surface area contributed by atoms with Crippen molar-refractivity contribution >= 4 is 0 Å². The Labute approximate surface area is 110 Å². The molecule has 3 heteroatoms. The molecule has 0 aliphatic carbocycles. The topological polar surface area (TPSA) is 24.1 Å². The standard InChI is InChI=1S/C15H25FN2/c1-11(2)8-17-9-13(4)18-10-14-5-12(3)6-15(16)7-14/h5-7,11,13,17-18H,8-10H2,1-4H3. The highest BCUT2D eigenvalue weighted by molar-refractivity contribution is 5.23. The van der Waals surface area contributed by atoms with Gasteiger partial charge >= 0.3 is 0 Å². The van der Waals surface area contributed by atoms with Crippen molar-refractivity contribution in [2.45, 2.75) is 40.3 Å². The second kappa shape index (κ2) is 7.49. The van der Waals surface area contributed by atoms with E-state index in [2.05, 4.69) is 31.4 Å². The molecular weight excluding hydrogens is 227 g/mol. The van der Waals surface area contributed by atoms with Gasteiger partial charge in [-0.2, -0.15) is 0 Å². The third-order valence-electron chi connectivity index (χ3n) is 2.76. The van der Waals surface area contributed by atoms with E-state index < -0.39 is 0 Å². The van der Waals surface area contributed by atoms with Crippen LogP contribution in [0.3, 0.4) is 0 Å². The summed E-state index contributed by atoms with van der Waals surface area (Å²) in [4.78, 5) is 0. The molecule has 0 heterocycles. The van der Waals surface area contributed by atoms with Crippen LogP contribution in [0.1, 0.15) is 31.9 Å². The lowest BCUT2D eigenvalue weighted by Crippen LogP contribution is -2.37. The van der Waals surface area contributed by atoms with Crippen LogP contribution in [-0.2, 0) is 6.54 Å². The Morgan fingerprint density at radius 2 is 1.83 bits per heavy atom. The first-order valence-electron chi connectivity index (χ1n) is 6.67. The highest BCUT2D eigenvalue weighted by atomic mass is 19.1. The van der Waals surface area contributed by atoms with Crippen molar-refractivity contribution in [2.75, 3.05) is 13.1 Å². The van der Waals surface area contributed by atoms with Crippen molar-refractivity contribution < 1.29 is 4.39 Å². The molecule has 1 unspecified atom stereocenters. The van der Waals surface area contributed by atoms with Crippen molar-refractivity contribution in [3.05, 3.63) is 35.1 Å². The summed E-state index contributed by atoms with van der Waals surface area (Å²) in [6.45, 7) is 11.1. The SMILES string of the molecule is Cc1cc(F)cc(CNC(C)CNCC(C)C)c1. The van der Waals surface area contributed by atoms with Crippen molar-refractivity contribution in [3.63, 3.8) is 0 Å². The highest BCUT2D eigenvalue weighted by Gasteiger charge is 2.03. The van der Waals surface area contributed by atoms with Crippen LogP contribution >= 0.6 is 0 Å². The number of nitrogens with one attached hydrogen (secondary N) is 2. The van der Waals surface area contributed by atoms with Gasteiger partial charge in [0.05, 0.1) is 0 Å². The zero-order valence-electron chi connectivity index (χ0n) is 11.9. The van der Waals surface area contributed by atoms with Gasteiger partial charge in [-0.1, -0.05) is 19.9 Å². The minimum absolute atomic E-state index is 0.155. The average molecular weight is 252 g/mol. The summed E-state index contributed by atoms with van der Waals surface area (Å²) in [5.41, 5.74) is 1.97. The molecule has 0 amide bonds. The van der Waals surface area contributed by atoms with Crippen LogP contribution in [0.2, 0.25) is 0 Å². The number of rotatable bonds is 7. The average Bonchev–Trinajstić information content (AvgIpc) is 2.24. The molecular formula is C15H25FN2. The van der Waals surface area contributed by atoms with E-state index in [0.29, 0.717) is 18.5 Å². The summed E-state index contributed by atoms with van der Waals surface area (Å²) in [6, 6.07) is 5.54. The summed E-state index contributed by atoms with van der Waals surface area (Å²) in [6.07, 6.45) is 0. The second-order valence-corrected chi connectivity index (χ2v) is 5.47. The van der Waals surface area contributed by atoms with Crippen molar-refractivity contribution in [3.8, 4) is 0 Å². The summed E-state index contributed by atoms with van der Waals surface area (Å²) in [5, 5.41) is 6.80. The number of aryl methyl sites for hydroxylation is 1. The molecule has 0 aliphatic rings. The maximum atomic E-state index is 13.2. The first-order chi connectivity index (χ1) is 8.47. The van der Waals surface area contributed by atoms with Crippen molar-refractivity contribution in [2.24, 2.45) is 5.92 Å². The third kappa shape index (κ3) is 6.12. The van der Waals surface area contributed by atoms with E-state index in [1.165, 1.54) is 0 Å². The third-order valence-corrected chi connectivity index (χ3v) is 2.76. The molecule has 2 N–H and O–H groups in total. The van der Waals surface area contributed by atoms with E-state index in [9.17, 15) is 4.39 Å². The zero-order valence-corrected chi connectivity index (χ0v) is 11.9. The predicted molar refractivity (Wildman–Crippen MR) is 75.1 cm³/mol. The van der Waals surface area contributed by atoms with Crippen LogP contribution < -0.4 is 10.6 Å². The molecule has 0 spiro atoms. The predicted octanol–water partition coefficient (Wildman–Crippen LogP) is 2.86. The van der Waals surface area contributed by atoms with Crippen LogP contribution in [0.25, 0.3) is 0 Å². The largest absolute Gasteiger partial charge is 0.315 e. The second-order valence-electron chi connectivity index (χ2n) is 5.47. The van der Waals surface area contributed by atoms with Crippen LogP contribution in [0, 0.1) is 18.7 Å². The van der Waals surface area contributed by atoms with Crippen LogP contribution in [0.5, 0.6) is 0 Å². The molecule has 18 heavy (non-hydrogen) atoms. The smallest absolute Gasteiger partial charge is 0.123 e. The van der Waals surface area contributed by atoms with E-state index in [4.69, 9.17) is 0 Å². The Bertz CT molecular complexity index is 343. The Morgan fingerprint density at radius 3 is 2.44 bits per heavy atom. The molecule has 0 saturated carbocycles. The highest BCUT2D eigenvalue weighted by Crippen LogP contribution is 2.08. The monoisotopic (exact) mass is 252 g/mol. The maximum Gasteiger partial charge on any atom is 0.123 e. The Kier molecular flexibility index (Phi) is 6.30. The van der Waals surface area contributed by atoms with E-state index in [1.54, 1.807) is 12.1 Å². The van der Waals surface area contributed by atoms with E-state index in [1.807, 2.05) is 13.0 Å². The van der Waals surface area contributed by atoms with Gasteiger partial charge in [0.1, 0.15) is 5.82 Å². The Hall–Kier alpha value is -0.930. The van der Waals surface area contributed by atoms with Gasteiger partial charge in [-0.15, -0.1) is 0 Å². The number of benzene rings is 1. The lowest BCUT2D eigenvalue weighted by molar-refractivity contribution is 0.471. The molecule has 2 nitrogen and oxygen atoms in total. The molecule has 0 aliphatic heterocycles. The van der Waals surface area contributed by atoms with Gasteiger partial charge in [-0.3, -0.25) is 0 Å². The quantitative estimate of drug-likeness (QED) is 0.779. The number of hydrogen-bond acceptors (Lipinski definition) is 2. The molecule has 1 aromatic rings. The molecule has 0 radical (unpaired) electrons. The van der Waals surface area contributed by atoms with Crippen molar-refractivity contribution in [1.29, 1.82) is 0 Å². The summed E-state index contributed by atoms with van der Waals surface area (Å²) < 4.78 is 13.2. The van der Waals surface area contributed by atoms with Gasteiger partial charge < -0.3 is 10.6 Å². The van der Waals surface area contributed by atoms with Gasteiger partial charge in [-0.05, 0) is 49.6 Å². The van der Waals surface area contributed by atoms with E-state index >= 15 is 0 Å². The van der Waals surface area contributed by atoms with Crippen LogP contribution in [0.4, 0.5) is 4.39 Å². The fourth-order valence-electron chi connectivity index (χ4n) is 1.87. The van der Waals surface area contributed by atoms with E-state index in [-0.39, 0.29) is 5.82 Å². The van der Waals surface area contributed by atoms with Gasteiger partial charge in [0.25, 0.3) is 0 Å². The number of halogens is 1. The number of hydrogen-bond donors (Lipinski definition) is 2. The molecule has 0 saturated heterocycles. The van der Waals surface area contributed by atoms with Crippen LogP contribution in [-0.4, -0.2) is 19.1 Å². The zero-order chi connectivity index (χ0) is 13.5. The minimum atomic E-state index is -0.155. The van der Waals surface area contributed by atoms with Gasteiger partial charge in [0.2, 0.25) is 0 Å². The fourth-order valence-corrected chi connectivity index (χ4v) is 1.87. The molecule has 1 atom stereocenters. The van der Waals surface area contributed by atoms with Crippen LogP contribution in [0.15, 0.2) is 18.2 Å². The molecule has 102 valence electrons. The Balaban J connectivity index is 2.31. The first kappa shape index (κ1) is 15.1. The van der Waals surface area contributed by atoms with Gasteiger partial charge in [0.15, 0.2) is 0 Å². The maximum absolute atomic E-state index is 13.2. The molecule has 1 rings (SSSR count). The summed E-state index contributed by atoms with van der Waals surface area (Å²) in [7, 11) is 0. The van der Waals surface area contributed by atoms with E-state index in [0.717, 1.165) is 24.2 Å².